The van der Waals surface area contributed by atoms with Crippen LogP contribution in [0.25, 0.3) is 6.08 Å². The maximum atomic E-state index is 10.3. The van der Waals surface area contributed by atoms with Crippen molar-refractivity contribution in [3.63, 3.8) is 0 Å². The number of carbonyl (C=O) groups is 1. The minimum atomic E-state index is -0.322. The van der Waals surface area contributed by atoms with E-state index in [1.54, 1.807) is 18.2 Å². The fourth-order valence-electron chi connectivity index (χ4n) is 0.926. The highest BCUT2D eigenvalue weighted by Crippen LogP contribution is 2.18. The average Bonchev–Trinajstić information content (AvgIpc) is 2.17. The minimum absolute atomic E-state index is 0.0929. The summed E-state index contributed by atoms with van der Waals surface area (Å²) in [5.74, 6) is 0.0929. The number of aromatic hydroxyl groups is 1. The van der Waals surface area contributed by atoms with Crippen LogP contribution in [0, 0.1) is 0 Å². The predicted octanol–water partition coefficient (Wildman–Crippen LogP) is 0.967. The van der Waals surface area contributed by atoms with Crippen LogP contribution in [0.3, 0.4) is 0 Å². The second kappa shape index (κ2) is 4.42. The van der Waals surface area contributed by atoms with E-state index in [1.165, 1.54) is 12.1 Å². The van der Waals surface area contributed by atoms with Crippen molar-refractivity contribution in [3.05, 3.63) is 35.4 Å². The van der Waals surface area contributed by atoms with Crippen LogP contribution in [-0.4, -0.2) is 23.1 Å². The van der Waals surface area contributed by atoms with Crippen LogP contribution in [0.15, 0.2) is 29.8 Å². The van der Waals surface area contributed by atoms with Gasteiger partial charge in [-0.15, -0.1) is 0 Å². The molecule has 0 amide bonds. The van der Waals surface area contributed by atoms with Gasteiger partial charge < -0.3 is 10.2 Å². The number of rotatable bonds is 3. The predicted molar refractivity (Wildman–Crippen MR) is 49.2 cm³/mol. The Labute approximate surface area is 76.0 Å². The lowest BCUT2D eigenvalue weighted by molar-refractivity contribution is -0.105. The number of carbonyl (C=O) groups excluding carboxylic acids is 1. The SMILES string of the molecule is O=C/C(=C/c1ccccc1O)CO. The van der Waals surface area contributed by atoms with Crippen LogP contribution in [0.5, 0.6) is 5.75 Å². The third-order valence-corrected chi connectivity index (χ3v) is 1.61. The summed E-state index contributed by atoms with van der Waals surface area (Å²) in [7, 11) is 0. The third-order valence-electron chi connectivity index (χ3n) is 1.61. The normalized spacial score (nSPS) is 11.3. The summed E-state index contributed by atoms with van der Waals surface area (Å²) in [5.41, 5.74) is 0.764. The molecule has 0 atom stereocenters. The van der Waals surface area contributed by atoms with E-state index in [0.29, 0.717) is 11.8 Å². The molecular weight excluding hydrogens is 168 g/mol. The first-order valence-corrected chi connectivity index (χ1v) is 3.82. The zero-order valence-electron chi connectivity index (χ0n) is 6.97. The molecule has 3 heteroatoms. The summed E-state index contributed by atoms with van der Waals surface area (Å²) in [6.07, 6.45) is 2.01. The number of hydrogen-bond acceptors (Lipinski definition) is 3. The number of phenolic OH excluding ortho intramolecular Hbond substituents is 1. The van der Waals surface area contributed by atoms with Crippen LogP contribution in [-0.2, 0) is 4.79 Å². The van der Waals surface area contributed by atoms with E-state index < -0.39 is 0 Å². The van der Waals surface area contributed by atoms with Gasteiger partial charge in [-0.3, -0.25) is 4.79 Å². The van der Waals surface area contributed by atoms with Crippen LogP contribution < -0.4 is 0 Å². The molecule has 13 heavy (non-hydrogen) atoms. The Morgan fingerprint density at radius 1 is 1.38 bits per heavy atom. The van der Waals surface area contributed by atoms with Gasteiger partial charge in [0.05, 0.1) is 6.61 Å². The quantitative estimate of drug-likeness (QED) is 0.535. The lowest BCUT2D eigenvalue weighted by atomic mass is 10.1. The summed E-state index contributed by atoms with van der Waals surface area (Å²) in [6, 6.07) is 6.61. The summed E-state index contributed by atoms with van der Waals surface area (Å²) >= 11 is 0. The second-order valence-electron chi connectivity index (χ2n) is 2.55. The Hall–Kier alpha value is -1.61. The van der Waals surface area contributed by atoms with Gasteiger partial charge in [0.2, 0.25) is 0 Å². The number of aliphatic hydroxyl groups excluding tert-OH is 1. The summed E-state index contributed by atoms with van der Waals surface area (Å²) in [4.78, 5) is 10.3. The van der Waals surface area contributed by atoms with Gasteiger partial charge in [0, 0.05) is 11.1 Å². The number of phenols is 1. The third kappa shape index (κ3) is 2.42. The van der Waals surface area contributed by atoms with Crippen molar-refractivity contribution < 1.29 is 15.0 Å². The summed E-state index contributed by atoms with van der Waals surface area (Å²) < 4.78 is 0. The molecule has 0 aliphatic heterocycles. The van der Waals surface area contributed by atoms with Gasteiger partial charge in [-0.2, -0.15) is 0 Å². The smallest absolute Gasteiger partial charge is 0.148 e. The van der Waals surface area contributed by atoms with Gasteiger partial charge in [-0.1, -0.05) is 18.2 Å². The Morgan fingerprint density at radius 3 is 2.62 bits per heavy atom. The van der Waals surface area contributed by atoms with Gasteiger partial charge in [0.25, 0.3) is 0 Å². The standard InChI is InChI=1S/C10H10O3/c11-6-8(7-12)5-9-3-1-2-4-10(9)13/h1-6,12-13H,7H2/b8-5-. The molecule has 3 nitrogen and oxygen atoms in total. The highest BCUT2D eigenvalue weighted by Gasteiger charge is 1.97. The number of benzene rings is 1. The van der Waals surface area contributed by atoms with Crippen molar-refractivity contribution in [2.75, 3.05) is 6.61 Å². The fraction of sp³-hybridized carbons (Fsp3) is 0.100. The highest BCUT2D eigenvalue weighted by atomic mass is 16.3. The van der Waals surface area contributed by atoms with E-state index in [0.717, 1.165) is 0 Å². The molecule has 0 unspecified atom stereocenters. The molecule has 1 aromatic rings. The Balaban J connectivity index is 3.02. The number of aliphatic hydroxyl groups is 1. The molecule has 0 spiro atoms. The molecule has 0 saturated carbocycles. The highest BCUT2D eigenvalue weighted by molar-refractivity contribution is 5.82. The molecule has 0 radical (unpaired) electrons. The molecule has 1 rings (SSSR count). The average molecular weight is 178 g/mol. The van der Waals surface area contributed by atoms with Crippen LogP contribution in [0.4, 0.5) is 0 Å². The van der Waals surface area contributed by atoms with Crippen LogP contribution >= 0.6 is 0 Å². The molecule has 68 valence electrons. The minimum Gasteiger partial charge on any atom is -0.507 e. The summed E-state index contributed by atoms with van der Waals surface area (Å²) in [6.45, 7) is -0.322. The molecule has 2 N–H and O–H groups in total. The molecule has 0 saturated heterocycles. The Bertz CT molecular complexity index is 329. The lowest BCUT2D eigenvalue weighted by Gasteiger charge is -1.98. The maximum Gasteiger partial charge on any atom is 0.148 e. The summed E-state index contributed by atoms with van der Waals surface area (Å²) in [5, 5.41) is 18.0. The molecule has 0 heterocycles. The lowest BCUT2D eigenvalue weighted by Crippen LogP contribution is -1.90. The molecule has 1 aromatic carbocycles. The fourth-order valence-corrected chi connectivity index (χ4v) is 0.926. The van der Waals surface area contributed by atoms with Gasteiger partial charge in [0.15, 0.2) is 0 Å². The molecule has 0 fully saturated rings. The number of hydrogen-bond donors (Lipinski definition) is 2. The van der Waals surface area contributed by atoms with Crippen LogP contribution in [0.2, 0.25) is 0 Å². The number of aldehydes is 1. The second-order valence-corrected chi connectivity index (χ2v) is 2.55. The van der Waals surface area contributed by atoms with Gasteiger partial charge >= 0.3 is 0 Å². The maximum absolute atomic E-state index is 10.3. The molecule has 0 aliphatic carbocycles. The monoisotopic (exact) mass is 178 g/mol. The van der Waals surface area contributed by atoms with Gasteiger partial charge in [-0.25, -0.2) is 0 Å². The van der Waals surface area contributed by atoms with Gasteiger partial charge in [-0.05, 0) is 12.1 Å². The molecule has 0 bridgehead atoms. The zero-order chi connectivity index (χ0) is 9.68. The molecule has 0 aromatic heterocycles. The van der Waals surface area contributed by atoms with Crippen molar-refractivity contribution in [3.8, 4) is 5.75 Å². The molecular formula is C10H10O3. The zero-order valence-corrected chi connectivity index (χ0v) is 6.97. The van der Waals surface area contributed by atoms with E-state index in [-0.39, 0.29) is 17.9 Å². The van der Waals surface area contributed by atoms with E-state index in [2.05, 4.69) is 0 Å². The Kier molecular flexibility index (Phi) is 3.23. The van der Waals surface area contributed by atoms with Crippen molar-refractivity contribution in [1.82, 2.24) is 0 Å². The Morgan fingerprint density at radius 2 is 2.08 bits per heavy atom. The van der Waals surface area contributed by atoms with E-state index >= 15 is 0 Å². The van der Waals surface area contributed by atoms with E-state index in [4.69, 9.17) is 5.11 Å². The first-order valence-electron chi connectivity index (χ1n) is 3.82. The van der Waals surface area contributed by atoms with E-state index in [9.17, 15) is 9.90 Å². The first-order chi connectivity index (χ1) is 6.27. The topological polar surface area (TPSA) is 57.5 Å². The van der Waals surface area contributed by atoms with Crippen molar-refractivity contribution in [1.29, 1.82) is 0 Å². The first kappa shape index (κ1) is 9.48. The van der Waals surface area contributed by atoms with Crippen molar-refractivity contribution in [2.45, 2.75) is 0 Å². The van der Waals surface area contributed by atoms with Gasteiger partial charge in [0.1, 0.15) is 12.0 Å². The molecule has 0 aliphatic rings. The number of para-hydroxylation sites is 1. The van der Waals surface area contributed by atoms with Crippen molar-refractivity contribution in [2.24, 2.45) is 0 Å². The van der Waals surface area contributed by atoms with Crippen LogP contribution in [0.1, 0.15) is 5.56 Å². The van der Waals surface area contributed by atoms with Crippen molar-refractivity contribution >= 4 is 12.4 Å². The largest absolute Gasteiger partial charge is 0.507 e. The van der Waals surface area contributed by atoms with E-state index in [1.807, 2.05) is 0 Å².